The average Bonchev–Trinajstić information content (AvgIpc) is 2.22. The first kappa shape index (κ1) is 13.0. The summed E-state index contributed by atoms with van der Waals surface area (Å²) >= 11 is 0. The van der Waals surface area contributed by atoms with Gasteiger partial charge in [0.2, 0.25) is 0 Å². The molecule has 0 unspecified atom stereocenters. The van der Waals surface area contributed by atoms with E-state index >= 15 is 0 Å². The highest BCUT2D eigenvalue weighted by Crippen LogP contribution is 2.12. The lowest BCUT2D eigenvalue weighted by Crippen LogP contribution is -2.51. The van der Waals surface area contributed by atoms with E-state index in [1.54, 1.807) is 0 Å². The molecule has 2 rings (SSSR count). The molecule has 1 saturated heterocycles. The van der Waals surface area contributed by atoms with E-state index in [-0.39, 0.29) is 0 Å². The van der Waals surface area contributed by atoms with E-state index in [0.717, 1.165) is 43.6 Å². The van der Waals surface area contributed by atoms with Crippen molar-refractivity contribution in [2.75, 3.05) is 50.9 Å². The van der Waals surface area contributed by atoms with Gasteiger partial charge in [-0.25, -0.2) is 9.97 Å². The van der Waals surface area contributed by atoms with Crippen molar-refractivity contribution < 1.29 is 0 Å². The number of aryl methyl sites for hydroxylation is 1. The zero-order valence-corrected chi connectivity index (χ0v) is 11.3. The summed E-state index contributed by atoms with van der Waals surface area (Å²) in [4.78, 5) is 10.9. The quantitative estimate of drug-likeness (QED) is 0.667. The molecule has 0 saturated carbocycles. The Morgan fingerprint density at radius 3 is 2.67 bits per heavy atom. The zero-order chi connectivity index (χ0) is 13.0. The average molecular weight is 250 g/mol. The molecule has 6 heteroatoms. The topological polar surface area (TPSA) is 65.1 Å². The van der Waals surface area contributed by atoms with Crippen LogP contribution in [0.2, 0.25) is 0 Å². The van der Waals surface area contributed by atoms with Gasteiger partial charge in [-0.2, -0.15) is 0 Å². The second kappa shape index (κ2) is 5.97. The highest BCUT2D eigenvalue weighted by atomic mass is 15.2. The van der Waals surface area contributed by atoms with Crippen molar-refractivity contribution in [1.29, 1.82) is 0 Å². The fourth-order valence-electron chi connectivity index (χ4n) is 1.74. The fraction of sp³-hybridized carbons (Fsp3) is 0.667. The van der Waals surface area contributed by atoms with Gasteiger partial charge in [0.15, 0.2) is 0 Å². The molecular weight excluding hydrogens is 228 g/mol. The van der Waals surface area contributed by atoms with Crippen molar-refractivity contribution in [3.05, 3.63) is 11.9 Å². The van der Waals surface area contributed by atoms with E-state index in [4.69, 9.17) is 0 Å². The minimum absolute atomic E-state index is 0.494. The molecule has 0 radical (unpaired) electrons. The van der Waals surface area contributed by atoms with Crippen LogP contribution in [0.5, 0.6) is 0 Å². The molecule has 18 heavy (non-hydrogen) atoms. The second-order valence-electron chi connectivity index (χ2n) is 4.92. The van der Waals surface area contributed by atoms with E-state index in [9.17, 15) is 0 Å². The molecule has 3 N–H and O–H groups in total. The maximum absolute atomic E-state index is 4.40. The first-order valence-corrected chi connectivity index (χ1v) is 6.35. The Morgan fingerprint density at radius 1 is 1.33 bits per heavy atom. The van der Waals surface area contributed by atoms with Gasteiger partial charge in [-0.05, 0) is 21.0 Å². The summed E-state index contributed by atoms with van der Waals surface area (Å²) in [5, 5.41) is 9.94. The van der Waals surface area contributed by atoms with Gasteiger partial charge in [0.1, 0.15) is 17.5 Å². The Balaban J connectivity index is 1.92. The molecule has 0 aromatic carbocycles. The number of nitrogens with one attached hydrogen (secondary N) is 3. The minimum Gasteiger partial charge on any atom is -0.369 e. The number of aromatic nitrogens is 2. The lowest BCUT2D eigenvalue weighted by atomic mass is 10.2. The minimum atomic E-state index is 0.494. The summed E-state index contributed by atoms with van der Waals surface area (Å²) in [6, 6.07) is 2.47. The fourth-order valence-corrected chi connectivity index (χ4v) is 1.74. The molecule has 1 aromatic heterocycles. The number of nitrogens with zero attached hydrogens (tertiary/aromatic N) is 3. The summed E-state index contributed by atoms with van der Waals surface area (Å²) in [5.74, 6) is 2.58. The molecule has 1 aliphatic rings. The Bertz CT molecular complexity index is 388. The van der Waals surface area contributed by atoms with Gasteiger partial charge in [-0.1, -0.05) is 0 Å². The number of rotatable bonds is 6. The van der Waals surface area contributed by atoms with Crippen molar-refractivity contribution in [2.45, 2.75) is 13.0 Å². The molecule has 0 atom stereocenters. The highest BCUT2D eigenvalue weighted by Gasteiger charge is 2.16. The first-order chi connectivity index (χ1) is 8.63. The lowest BCUT2D eigenvalue weighted by molar-refractivity contribution is 0.425. The standard InChI is InChI=1S/C12H22N6/c1-9-15-11(14-4-5-18(2)3)6-12(16-9)17-10-7-13-8-10/h6,10,13H,4-5,7-8H2,1-3H3,(H2,14,15,16,17). The van der Waals surface area contributed by atoms with Crippen LogP contribution >= 0.6 is 0 Å². The molecule has 100 valence electrons. The van der Waals surface area contributed by atoms with Crippen LogP contribution in [-0.2, 0) is 0 Å². The van der Waals surface area contributed by atoms with Crippen LogP contribution in [0.4, 0.5) is 11.6 Å². The molecular formula is C12H22N6. The van der Waals surface area contributed by atoms with E-state index in [2.05, 4.69) is 44.9 Å². The third kappa shape index (κ3) is 3.82. The number of likely N-dealkylation sites (N-methyl/N-ethyl adjacent to an activating group) is 1. The monoisotopic (exact) mass is 250 g/mol. The Morgan fingerprint density at radius 2 is 2.06 bits per heavy atom. The van der Waals surface area contributed by atoms with Crippen molar-refractivity contribution >= 4 is 11.6 Å². The van der Waals surface area contributed by atoms with Crippen molar-refractivity contribution in [3.8, 4) is 0 Å². The normalized spacial score (nSPS) is 15.6. The second-order valence-corrected chi connectivity index (χ2v) is 4.92. The SMILES string of the molecule is Cc1nc(NCCN(C)C)cc(NC2CNC2)n1. The summed E-state index contributed by atoms with van der Waals surface area (Å²) in [6.45, 7) is 5.80. The van der Waals surface area contributed by atoms with E-state index < -0.39 is 0 Å². The zero-order valence-electron chi connectivity index (χ0n) is 11.3. The van der Waals surface area contributed by atoms with E-state index in [1.165, 1.54) is 0 Å². The van der Waals surface area contributed by atoms with Crippen LogP contribution in [0.25, 0.3) is 0 Å². The predicted molar refractivity (Wildman–Crippen MR) is 74.1 cm³/mol. The van der Waals surface area contributed by atoms with Crippen LogP contribution in [0, 0.1) is 6.92 Å². The van der Waals surface area contributed by atoms with Gasteiger partial charge in [0, 0.05) is 32.2 Å². The number of hydrogen-bond donors (Lipinski definition) is 3. The molecule has 0 aliphatic carbocycles. The van der Waals surface area contributed by atoms with Crippen LogP contribution in [0.1, 0.15) is 5.82 Å². The van der Waals surface area contributed by atoms with Gasteiger partial charge in [-0.15, -0.1) is 0 Å². The van der Waals surface area contributed by atoms with E-state index in [1.807, 2.05) is 13.0 Å². The smallest absolute Gasteiger partial charge is 0.132 e. The van der Waals surface area contributed by atoms with E-state index in [0.29, 0.717) is 6.04 Å². The summed E-state index contributed by atoms with van der Waals surface area (Å²) < 4.78 is 0. The maximum atomic E-state index is 4.40. The third-order valence-electron chi connectivity index (χ3n) is 2.84. The summed E-state index contributed by atoms with van der Waals surface area (Å²) in [6.07, 6.45) is 0. The van der Waals surface area contributed by atoms with Crippen molar-refractivity contribution in [2.24, 2.45) is 0 Å². The van der Waals surface area contributed by atoms with Gasteiger partial charge in [0.05, 0.1) is 6.04 Å². The Labute approximate surface area is 108 Å². The lowest BCUT2D eigenvalue weighted by Gasteiger charge is -2.28. The maximum Gasteiger partial charge on any atom is 0.132 e. The van der Waals surface area contributed by atoms with Gasteiger partial charge < -0.3 is 20.9 Å². The third-order valence-corrected chi connectivity index (χ3v) is 2.84. The molecule has 6 nitrogen and oxygen atoms in total. The molecule has 1 aliphatic heterocycles. The van der Waals surface area contributed by atoms with Crippen LogP contribution in [-0.4, -0.2) is 61.2 Å². The molecule has 1 aromatic rings. The van der Waals surface area contributed by atoms with Crippen molar-refractivity contribution in [3.63, 3.8) is 0 Å². The van der Waals surface area contributed by atoms with Crippen LogP contribution in [0.3, 0.4) is 0 Å². The first-order valence-electron chi connectivity index (χ1n) is 6.35. The molecule has 1 fully saturated rings. The number of hydrogen-bond acceptors (Lipinski definition) is 6. The molecule has 2 heterocycles. The Hall–Kier alpha value is -1.40. The summed E-state index contributed by atoms with van der Waals surface area (Å²) in [7, 11) is 4.12. The summed E-state index contributed by atoms with van der Waals surface area (Å²) in [5.41, 5.74) is 0. The van der Waals surface area contributed by atoms with Crippen molar-refractivity contribution in [1.82, 2.24) is 20.2 Å². The largest absolute Gasteiger partial charge is 0.369 e. The van der Waals surface area contributed by atoms with Crippen LogP contribution < -0.4 is 16.0 Å². The molecule has 0 spiro atoms. The highest BCUT2D eigenvalue weighted by molar-refractivity contribution is 5.48. The molecule has 0 amide bonds. The Kier molecular flexibility index (Phi) is 4.33. The van der Waals surface area contributed by atoms with Gasteiger partial charge in [0.25, 0.3) is 0 Å². The predicted octanol–water partition coefficient (Wildman–Crippen LogP) is 0.142. The number of anilines is 2. The van der Waals surface area contributed by atoms with Crippen LogP contribution in [0.15, 0.2) is 6.07 Å². The molecule has 0 bridgehead atoms. The van der Waals surface area contributed by atoms with Gasteiger partial charge >= 0.3 is 0 Å². The van der Waals surface area contributed by atoms with Gasteiger partial charge in [-0.3, -0.25) is 0 Å².